The van der Waals surface area contributed by atoms with Crippen LogP contribution in [-0.4, -0.2) is 18.3 Å². The quantitative estimate of drug-likeness (QED) is 0.539. The number of aliphatic hydroxyl groups is 1. The molecule has 3 nitrogen and oxygen atoms in total. The van der Waals surface area contributed by atoms with Crippen molar-refractivity contribution in [2.24, 2.45) is 0 Å². The molecule has 0 aliphatic heterocycles. The van der Waals surface area contributed by atoms with Gasteiger partial charge in [0.15, 0.2) is 0 Å². The fourth-order valence-electron chi connectivity index (χ4n) is 1.11. The first-order valence-electron chi connectivity index (χ1n) is 4.25. The van der Waals surface area contributed by atoms with Gasteiger partial charge in [-0.25, -0.2) is 0 Å². The molecule has 1 N–H and O–H groups in total. The molecule has 1 aromatic rings. The van der Waals surface area contributed by atoms with Crippen molar-refractivity contribution in [1.82, 2.24) is 0 Å². The highest BCUT2D eigenvalue weighted by Gasteiger charge is 2.33. The van der Waals surface area contributed by atoms with Gasteiger partial charge in [-0.15, -0.1) is 13.2 Å². The minimum absolute atomic E-state index is 0.144. The lowest BCUT2D eigenvalue weighted by molar-refractivity contribution is -0.275. The largest absolute Gasteiger partial charge is 0.573 e. The molecule has 0 spiro atoms. The Bertz CT molecular complexity index is 396. The molecule has 17 heavy (non-hydrogen) atoms. The Morgan fingerprint density at radius 1 is 1.24 bits per heavy atom. The first kappa shape index (κ1) is 15.2. The fourth-order valence-corrected chi connectivity index (χ4v) is 3.18. The zero-order valence-electron chi connectivity index (χ0n) is 8.22. The summed E-state index contributed by atoms with van der Waals surface area (Å²) in [5.41, 5.74) is 0.243. The first-order valence-corrected chi connectivity index (χ1v) is 6.41. The van der Waals surface area contributed by atoms with Gasteiger partial charge in [0, 0.05) is 9.13 Å². The van der Waals surface area contributed by atoms with Gasteiger partial charge in [0.05, 0.1) is 10.2 Å². The lowest BCUT2D eigenvalue weighted by Crippen LogP contribution is -2.19. The summed E-state index contributed by atoms with van der Waals surface area (Å²) >= 11 is 3.73. The number of benzene rings is 1. The Morgan fingerprint density at radius 2 is 1.88 bits per heavy atom. The smallest absolute Gasteiger partial charge is 0.404 e. The van der Waals surface area contributed by atoms with E-state index in [1.807, 2.05) is 22.6 Å². The van der Waals surface area contributed by atoms with Crippen molar-refractivity contribution in [1.29, 1.82) is 0 Å². The Morgan fingerprint density at radius 3 is 2.41 bits per heavy atom. The highest BCUT2D eigenvalue weighted by atomic mass is 127. The third-order valence-electron chi connectivity index (χ3n) is 1.65. The Balaban J connectivity index is 3.06. The monoisotopic (exact) mass is 474 g/mol. The maximum atomic E-state index is 12.2. The molecule has 0 aliphatic carbocycles. The minimum Gasteiger partial charge on any atom is -0.404 e. The van der Waals surface area contributed by atoms with Crippen LogP contribution in [0, 0.1) is 7.14 Å². The molecule has 0 atom stereocenters. The molecule has 96 valence electrons. The lowest BCUT2D eigenvalue weighted by Gasteiger charge is -2.15. The van der Waals surface area contributed by atoms with E-state index in [-0.39, 0.29) is 17.9 Å². The number of halogens is 5. The van der Waals surface area contributed by atoms with Crippen molar-refractivity contribution in [3.63, 3.8) is 0 Å². The van der Waals surface area contributed by atoms with Crippen LogP contribution in [0.1, 0.15) is 5.56 Å². The van der Waals surface area contributed by atoms with Crippen molar-refractivity contribution in [3.05, 3.63) is 24.8 Å². The number of rotatable bonds is 4. The second kappa shape index (κ2) is 6.38. The van der Waals surface area contributed by atoms with Gasteiger partial charge >= 0.3 is 6.36 Å². The second-order valence-corrected chi connectivity index (χ2v) is 5.31. The zero-order chi connectivity index (χ0) is 13.1. The Hall–Kier alpha value is 0.190. The van der Waals surface area contributed by atoms with E-state index in [0.29, 0.717) is 3.57 Å². The van der Waals surface area contributed by atoms with Crippen molar-refractivity contribution in [2.75, 3.05) is 6.79 Å². The SMILES string of the molecule is OCOCc1cc(I)cc(I)c1OC(F)(F)F. The Labute approximate surface area is 123 Å². The molecule has 0 radical (unpaired) electrons. The van der Waals surface area contributed by atoms with Crippen LogP contribution in [0.5, 0.6) is 5.75 Å². The van der Waals surface area contributed by atoms with Gasteiger partial charge < -0.3 is 14.6 Å². The van der Waals surface area contributed by atoms with Crippen LogP contribution < -0.4 is 4.74 Å². The van der Waals surface area contributed by atoms with E-state index in [9.17, 15) is 13.2 Å². The summed E-state index contributed by atoms with van der Waals surface area (Å²) in [6, 6.07) is 3.07. The molecule has 0 aliphatic rings. The summed E-state index contributed by atoms with van der Waals surface area (Å²) in [6.07, 6.45) is -4.75. The van der Waals surface area contributed by atoms with E-state index in [0.717, 1.165) is 3.57 Å². The maximum absolute atomic E-state index is 12.2. The third-order valence-corrected chi connectivity index (χ3v) is 3.08. The highest BCUT2D eigenvalue weighted by Crippen LogP contribution is 2.33. The van der Waals surface area contributed by atoms with Crippen molar-refractivity contribution >= 4 is 45.2 Å². The summed E-state index contributed by atoms with van der Waals surface area (Å²) in [5, 5.41) is 8.50. The van der Waals surface area contributed by atoms with Gasteiger partial charge in [0.2, 0.25) is 0 Å². The van der Waals surface area contributed by atoms with Crippen LogP contribution >= 0.6 is 45.2 Å². The average Bonchev–Trinajstić information content (AvgIpc) is 2.18. The molecule has 0 unspecified atom stereocenters. The predicted molar refractivity (Wildman–Crippen MR) is 70.4 cm³/mol. The average molecular weight is 474 g/mol. The molecule has 1 rings (SSSR count). The van der Waals surface area contributed by atoms with E-state index in [1.54, 1.807) is 28.7 Å². The van der Waals surface area contributed by atoms with Gasteiger partial charge in [0.1, 0.15) is 12.5 Å². The molecule has 0 saturated carbocycles. The van der Waals surface area contributed by atoms with Crippen LogP contribution in [-0.2, 0) is 11.3 Å². The molecule has 0 amide bonds. The number of aliphatic hydroxyl groups excluding tert-OH is 1. The van der Waals surface area contributed by atoms with Gasteiger partial charge in [-0.2, -0.15) is 0 Å². The van der Waals surface area contributed by atoms with Crippen molar-refractivity contribution in [3.8, 4) is 5.75 Å². The van der Waals surface area contributed by atoms with Crippen LogP contribution in [0.25, 0.3) is 0 Å². The standard InChI is InChI=1S/C9H7F3I2O3/c10-9(11,12)17-8-5(3-16-4-15)1-6(13)2-7(8)14/h1-2,15H,3-4H2. The predicted octanol–water partition coefficient (Wildman–Crippen LogP) is 3.26. The Kier molecular flexibility index (Phi) is 5.73. The molecule has 1 aromatic carbocycles. The molecular weight excluding hydrogens is 467 g/mol. The molecular formula is C9H7F3I2O3. The summed E-state index contributed by atoms with van der Waals surface area (Å²) in [5.74, 6) is -0.285. The number of alkyl halides is 3. The van der Waals surface area contributed by atoms with E-state index in [4.69, 9.17) is 5.11 Å². The van der Waals surface area contributed by atoms with Crippen LogP contribution in [0.15, 0.2) is 12.1 Å². The molecule has 0 heterocycles. The molecule has 8 heteroatoms. The summed E-state index contributed by atoms with van der Waals surface area (Å²) < 4.78 is 46.3. The summed E-state index contributed by atoms with van der Waals surface area (Å²) in [4.78, 5) is 0. The van der Waals surface area contributed by atoms with E-state index in [2.05, 4.69) is 9.47 Å². The number of hydrogen-bond donors (Lipinski definition) is 1. The summed E-state index contributed by atoms with van der Waals surface area (Å²) in [6.45, 7) is -0.706. The highest BCUT2D eigenvalue weighted by molar-refractivity contribution is 14.1. The zero-order valence-corrected chi connectivity index (χ0v) is 12.5. The van der Waals surface area contributed by atoms with E-state index < -0.39 is 13.2 Å². The van der Waals surface area contributed by atoms with Gasteiger partial charge in [-0.05, 0) is 57.3 Å². The topological polar surface area (TPSA) is 38.7 Å². The molecule has 0 saturated heterocycles. The second-order valence-electron chi connectivity index (χ2n) is 2.90. The van der Waals surface area contributed by atoms with Crippen molar-refractivity contribution < 1.29 is 27.8 Å². The first-order chi connectivity index (χ1) is 7.83. The van der Waals surface area contributed by atoms with Gasteiger partial charge in [0.25, 0.3) is 0 Å². The minimum atomic E-state index is -4.75. The summed E-state index contributed by atoms with van der Waals surface area (Å²) in [7, 11) is 0. The van der Waals surface area contributed by atoms with Crippen LogP contribution in [0.3, 0.4) is 0 Å². The van der Waals surface area contributed by atoms with E-state index in [1.165, 1.54) is 6.07 Å². The number of ether oxygens (including phenoxy) is 2. The van der Waals surface area contributed by atoms with Crippen LogP contribution in [0.2, 0.25) is 0 Å². The maximum Gasteiger partial charge on any atom is 0.573 e. The number of hydrogen-bond acceptors (Lipinski definition) is 3. The van der Waals surface area contributed by atoms with Crippen molar-refractivity contribution in [2.45, 2.75) is 13.0 Å². The van der Waals surface area contributed by atoms with Gasteiger partial charge in [-0.3, -0.25) is 0 Å². The van der Waals surface area contributed by atoms with E-state index >= 15 is 0 Å². The lowest BCUT2D eigenvalue weighted by atomic mass is 10.2. The molecule has 0 fully saturated rings. The molecule has 0 bridgehead atoms. The van der Waals surface area contributed by atoms with Crippen LogP contribution in [0.4, 0.5) is 13.2 Å². The van der Waals surface area contributed by atoms with Gasteiger partial charge in [-0.1, -0.05) is 0 Å². The fraction of sp³-hybridized carbons (Fsp3) is 0.333. The third kappa shape index (κ3) is 5.14. The normalized spacial score (nSPS) is 11.6. The molecule has 0 aromatic heterocycles.